The summed E-state index contributed by atoms with van der Waals surface area (Å²) in [7, 11) is 1.69. The molecule has 0 aromatic rings. The molecule has 0 unspecified atom stereocenters. The standard InChI is InChI=1S/C12H24N2O/c1-3-12(7-4-5-8-12)10-14-9-6-11(15)13-2/h14H,3-10H2,1-2H3,(H,13,15). The summed E-state index contributed by atoms with van der Waals surface area (Å²) in [4.78, 5) is 11.0. The van der Waals surface area contributed by atoms with Crippen molar-refractivity contribution in [1.29, 1.82) is 0 Å². The van der Waals surface area contributed by atoms with Gasteiger partial charge < -0.3 is 10.6 Å². The molecule has 0 aromatic carbocycles. The third-order valence-electron chi connectivity index (χ3n) is 3.72. The maximum atomic E-state index is 11.0. The van der Waals surface area contributed by atoms with Gasteiger partial charge in [-0.2, -0.15) is 0 Å². The second-order valence-corrected chi connectivity index (χ2v) is 4.66. The van der Waals surface area contributed by atoms with E-state index < -0.39 is 0 Å². The Balaban J connectivity index is 2.15. The molecule has 3 heteroatoms. The van der Waals surface area contributed by atoms with Crippen molar-refractivity contribution in [1.82, 2.24) is 10.6 Å². The predicted molar refractivity (Wildman–Crippen MR) is 62.7 cm³/mol. The quantitative estimate of drug-likeness (QED) is 0.658. The van der Waals surface area contributed by atoms with Gasteiger partial charge in [-0.3, -0.25) is 4.79 Å². The molecule has 1 rings (SSSR count). The van der Waals surface area contributed by atoms with Crippen LogP contribution in [0.2, 0.25) is 0 Å². The van der Waals surface area contributed by atoms with Gasteiger partial charge in [0.1, 0.15) is 0 Å². The molecule has 1 amide bonds. The normalized spacial score (nSPS) is 19.1. The lowest BCUT2D eigenvalue weighted by Crippen LogP contribution is -2.34. The van der Waals surface area contributed by atoms with Crippen LogP contribution >= 0.6 is 0 Å². The highest BCUT2D eigenvalue weighted by Crippen LogP contribution is 2.40. The molecule has 1 saturated carbocycles. The predicted octanol–water partition coefficient (Wildman–Crippen LogP) is 1.68. The van der Waals surface area contributed by atoms with Gasteiger partial charge in [-0.15, -0.1) is 0 Å². The molecule has 3 nitrogen and oxygen atoms in total. The summed E-state index contributed by atoms with van der Waals surface area (Å²) in [5.74, 6) is 0.125. The Morgan fingerprint density at radius 2 is 2.00 bits per heavy atom. The summed E-state index contributed by atoms with van der Waals surface area (Å²) >= 11 is 0. The minimum absolute atomic E-state index is 0.125. The van der Waals surface area contributed by atoms with E-state index >= 15 is 0 Å². The van der Waals surface area contributed by atoms with E-state index in [-0.39, 0.29) is 5.91 Å². The summed E-state index contributed by atoms with van der Waals surface area (Å²) in [6, 6.07) is 0. The van der Waals surface area contributed by atoms with Crippen molar-refractivity contribution >= 4 is 5.91 Å². The molecule has 88 valence electrons. The number of amides is 1. The number of hydrogen-bond acceptors (Lipinski definition) is 2. The molecule has 1 fully saturated rings. The molecule has 0 heterocycles. The van der Waals surface area contributed by atoms with E-state index in [9.17, 15) is 4.79 Å². The Hall–Kier alpha value is -0.570. The molecule has 15 heavy (non-hydrogen) atoms. The fourth-order valence-electron chi connectivity index (χ4n) is 2.46. The van der Waals surface area contributed by atoms with E-state index in [1.165, 1.54) is 32.1 Å². The van der Waals surface area contributed by atoms with E-state index in [0.717, 1.165) is 13.1 Å². The highest BCUT2D eigenvalue weighted by molar-refractivity contribution is 5.75. The van der Waals surface area contributed by atoms with Crippen molar-refractivity contribution in [3.8, 4) is 0 Å². The van der Waals surface area contributed by atoms with Crippen LogP contribution < -0.4 is 10.6 Å². The van der Waals surface area contributed by atoms with Crippen LogP contribution in [0.15, 0.2) is 0 Å². The Labute approximate surface area is 93.0 Å². The van der Waals surface area contributed by atoms with E-state index in [0.29, 0.717) is 11.8 Å². The van der Waals surface area contributed by atoms with Gasteiger partial charge in [0.15, 0.2) is 0 Å². The molecule has 0 radical (unpaired) electrons. The van der Waals surface area contributed by atoms with Gasteiger partial charge in [-0.05, 0) is 24.7 Å². The van der Waals surface area contributed by atoms with Crippen LogP contribution in [0.4, 0.5) is 0 Å². The number of carbonyl (C=O) groups excluding carboxylic acids is 1. The Kier molecular flexibility index (Phi) is 5.09. The van der Waals surface area contributed by atoms with Crippen LogP contribution in [-0.2, 0) is 4.79 Å². The summed E-state index contributed by atoms with van der Waals surface area (Å²) in [6.07, 6.45) is 7.33. The van der Waals surface area contributed by atoms with Crippen molar-refractivity contribution < 1.29 is 4.79 Å². The molecule has 0 spiro atoms. The second kappa shape index (κ2) is 6.11. The summed E-state index contributed by atoms with van der Waals surface area (Å²) < 4.78 is 0. The number of rotatable bonds is 6. The Bertz CT molecular complexity index is 198. The van der Waals surface area contributed by atoms with Gasteiger partial charge in [0.25, 0.3) is 0 Å². The van der Waals surface area contributed by atoms with E-state index in [2.05, 4.69) is 17.6 Å². The maximum Gasteiger partial charge on any atom is 0.221 e. The minimum Gasteiger partial charge on any atom is -0.359 e. The fourth-order valence-corrected chi connectivity index (χ4v) is 2.46. The van der Waals surface area contributed by atoms with Gasteiger partial charge in [0.2, 0.25) is 5.91 Å². The molecular formula is C12H24N2O. The molecule has 0 atom stereocenters. The maximum absolute atomic E-state index is 11.0. The van der Waals surface area contributed by atoms with Gasteiger partial charge in [0, 0.05) is 26.6 Å². The minimum atomic E-state index is 0.125. The summed E-state index contributed by atoms with van der Waals surface area (Å²) in [5.41, 5.74) is 0.530. The molecule has 0 saturated heterocycles. The molecule has 0 aromatic heterocycles. The van der Waals surface area contributed by atoms with Gasteiger partial charge in [-0.25, -0.2) is 0 Å². The lowest BCUT2D eigenvalue weighted by molar-refractivity contribution is -0.120. The first-order valence-corrected chi connectivity index (χ1v) is 6.14. The average Bonchev–Trinajstić information content (AvgIpc) is 2.73. The monoisotopic (exact) mass is 212 g/mol. The van der Waals surface area contributed by atoms with Crippen LogP contribution in [0, 0.1) is 5.41 Å². The first kappa shape index (κ1) is 12.5. The molecule has 0 aliphatic heterocycles. The van der Waals surface area contributed by atoms with Crippen molar-refractivity contribution in [2.75, 3.05) is 20.1 Å². The highest BCUT2D eigenvalue weighted by atomic mass is 16.1. The first-order valence-electron chi connectivity index (χ1n) is 6.14. The molecule has 1 aliphatic carbocycles. The van der Waals surface area contributed by atoms with Gasteiger partial charge >= 0.3 is 0 Å². The zero-order valence-electron chi connectivity index (χ0n) is 10.1. The van der Waals surface area contributed by atoms with Crippen molar-refractivity contribution in [3.63, 3.8) is 0 Å². The van der Waals surface area contributed by atoms with Crippen LogP contribution in [0.1, 0.15) is 45.4 Å². The lowest BCUT2D eigenvalue weighted by atomic mass is 9.83. The molecular weight excluding hydrogens is 188 g/mol. The Morgan fingerprint density at radius 1 is 1.33 bits per heavy atom. The lowest BCUT2D eigenvalue weighted by Gasteiger charge is -2.27. The molecule has 0 bridgehead atoms. The Morgan fingerprint density at radius 3 is 2.53 bits per heavy atom. The zero-order valence-corrected chi connectivity index (χ0v) is 10.1. The van der Waals surface area contributed by atoms with Crippen LogP contribution in [-0.4, -0.2) is 26.0 Å². The van der Waals surface area contributed by atoms with Gasteiger partial charge in [0.05, 0.1) is 0 Å². The van der Waals surface area contributed by atoms with E-state index in [1.54, 1.807) is 7.05 Å². The van der Waals surface area contributed by atoms with Crippen LogP contribution in [0.3, 0.4) is 0 Å². The number of nitrogens with one attached hydrogen (secondary N) is 2. The third-order valence-corrected chi connectivity index (χ3v) is 3.72. The van der Waals surface area contributed by atoms with Crippen molar-refractivity contribution in [2.24, 2.45) is 5.41 Å². The fraction of sp³-hybridized carbons (Fsp3) is 0.917. The first-order chi connectivity index (χ1) is 7.22. The highest BCUT2D eigenvalue weighted by Gasteiger charge is 2.31. The smallest absolute Gasteiger partial charge is 0.221 e. The summed E-state index contributed by atoms with van der Waals surface area (Å²) in [6.45, 7) is 4.17. The average molecular weight is 212 g/mol. The van der Waals surface area contributed by atoms with E-state index in [4.69, 9.17) is 0 Å². The third kappa shape index (κ3) is 3.82. The van der Waals surface area contributed by atoms with Crippen molar-refractivity contribution in [2.45, 2.75) is 45.4 Å². The van der Waals surface area contributed by atoms with E-state index in [1.807, 2.05) is 0 Å². The topological polar surface area (TPSA) is 41.1 Å². The number of carbonyl (C=O) groups is 1. The molecule has 2 N–H and O–H groups in total. The van der Waals surface area contributed by atoms with Crippen LogP contribution in [0.25, 0.3) is 0 Å². The largest absolute Gasteiger partial charge is 0.359 e. The SMILES string of the molecule is CCC1(CNCCC(=O)NC)CCCC1. The van der Waals surface area contributed by atoms with Crippen molar-refractivity contribution in [3.05, 3.63) is 0 Å². The number of hydrogen-bond donors (Lipinski definition) is 2. The van der Waals surface area contributed by atoms with Gasteiger partial charge in [-0.1, -0.05) is 19.8 Å². The second-order valence-electron chi connectivity index (χ2n) is 4.66. The molecule has 1 aliphatic rings. The van der Waals surface area contributed by atoms with Crippen LogP contribution in [0.5, 0.6) is 0 Å². The summed E-state index contributed by atoms with van der Waals surface area (Å²) in [5, 5.41) is 6.06. The zero-order chi connectivity index (χ0) is 11.1.